The van der Waals surface area contributed by atoms with Crippen LogP contribution in [0.25, 0.3) is 0 Å². The molecule has 0 atom stereocenters. The van der Waals surface area contributed by atoms with Crippen molar-refractivity contribution in [3.63, 3.8) is 0 Å². The van der Waals surface area contributed by atoms with Crippen molar-refractivity contribution in [2.75, 3.05) is 12.4 Å². The highest BCUT2D eigenvalue weighted by Crippen LogP contribution is 2.21. The standard InChI is InChI=1S/C17H16BrN3O3/c1-11(22)20-15-6-3-12(4-7-15)17(23)21-19-10-13-9-14(18)5-8-16(13)24-2/h3-10H,1-2H3,(H,20,22)(H,21,23)/b19-10+. The second-order valence-electron chi connectivity index (χ2n) is 4.84. The van der Waals surface area contributed by atoms with Crippen LogP contribution < -0.4 is 15.5 Å². The monoisotopic (exact) mass is 389 g/mol. The number of nitrogens with zero attached hydrogens (tertiary/aromatic N) is 1. The van der Waals surface area contributed by atoms with E-state index < -0.39 is 0 Å². The Labute approximate surface area is 148 Å². The molecule has 2 aromatic rings. The van der Waals surface area contributed by atoms with E-state index in [4.69, 9.17) is 4.74 Å². The maximum absolute atomic E-state index is 12.0. The molecule has 24 heavy (non-hydrogen) atoms. The van der Waals surface area contributed by atoms with E-state index in [0.29, 0.717) is 17.0 Å². The molecule has 0 spiro atoms. The first-order valence-corrected chi connectivity index (χ1v) is 7.83. The van der Waals surface area contributed by atoms with Crippen molar-refractivity contribution >= 4 is 39.6 Å². The predicted octanol–water partition coefficient (Wildman–Crippen LogP) is 3.18. The van der Waals surface area contributed by atoms with Gasteiger partial charge in [0, 0.05) is 28.2 Å². The fourth-order valence-corrected chi connectivity index (χ4v) is 2.32. The third kappa shape index (κ3) is 4.92. The van der Waals surface area contributed by atoms with Crippen LogP contribution in [0.3, 0.4) is 0 Å². The van der Waals surface area contributed by atoms with Crippen LogP contribution in [0.5, 0.6) is 5.75 Å². The van der Waals surface area contributed by atoms with E-state index >= 15 is 0 Å². The number of hydrogen-bond acceptors (Lipinski definition) is 4. The molecular weight excluding hydrogens is 374 g/mol. The Balaban J connectivity index is 2.02. The molecule has 2 amide bonds. The average molecular weight is 390 g/mol. The number of halogens is 1. The maximum Gasteiger partial charge on any atom is 0.271 e. The van der Waals surface area contributed by atoms with Crippen molar-refractivity contribution in [2.45, 2.75) is 6.92 Å². The molecule has 0 aliphatic rings. The van der Waals surface area contributed by atoms with Crippen molar-refractivity contribution in [3.8, 4) is 5.75 Å². The van der Waals surface area contributed by atoms with Gasteiger partial charge in [0.15, 0.2) is 0 Å². The Bertz CT molecular complexity index is 773. The van der Waals surface area contributed by atoms with E-state index in [0.717, 1.165) is 10.0 Å². The lowest BCUT2D eigenvalue weighted by Crippen LogP contribution is -2.17. The van der Waals surface area contributed by atoms with Gasteiger partial charge >= 0.3 is 0 Å². The highest BCUT2D eigenvalue weighted by Gasteiger charge is 2.05. The maximum atomic E-state index is 12.0. The molecule has 2 N–H and O–H groups in total. The second-order valence-corrected chi connectivity index (χ2v) is 5.76. The predicted molar refractivity (Wildman–Crippen MR) is 96.5 cm³/mol. The Hall–Kier alpha value is -2.67. The molecule has 6 nitrogen and oxygen atoms in total. The first-order valence-electron chi connectivity index (χ1n) is 7.04. The molecule has 0 unspecified atom stereocenters. The summed E-state index contributed by atoms with van der Waals surface area (Å²) in [5.41, 5.74) is 4.24. The second kappa shape index (κ2) is 8.26. The van der Waals surface area contributed by atoms with Crippen molar-refractivity contribution in [3.05, 3.63) is 58.1 Å². The number of hydrogen-bond donors (Lipinski definition) is 2. The largest absolute Gasteiger partial charge is 0.496 e. The smallest absolute Gasteiger partial charge is 0.271 e. The fraction of sp³-hybridized carbons (Fsp3) is 0.118. The SMILES string of the molecule is COc1ccc(Br)cc1/C=N/NC(=O)c1ccc(NC(C)=O)cc1. The van der Waals surface area contributed by atoms with E-state index in [-0.39, 0.29) is 11.8 Å². The van der Waals surface area contributed by atoms with Gasteiger partial charge in [0.2, 0.25) is 5.91 Å². The minimum Gasteiger partial charge on any atom is -0.496 e. The zero-order valence-corrected chi connectivity index (χ0v) is 14.8. The number of nitrogens with one attached hydrogen (secondary N) is 2. The van der Waals surface area contributed by atoms with Crippen LogP contribution in [-0.2, 0) is 4.79 Å². The summed E-state index contributed by atoms with van der Waals surface area (Å²) < 4.78 is 6.11. The van der Waals surface area contributed by atoms with Crippen LogP contribution in [-0.4, -0.2) is 25.1 Å². The van der Waals surface area contributed by atoms with E-state index in [2.05, 4.69) is 31.8 Å². The Morgan fingerprint density at radius 3 is 2.50 bits per heavy atom. The average Bonchev–Trinajstić information content (AvgIpc) is 2.55. The summed E-state index contributed by atoms with van der Waals surface area (Å²) in [7, 11) is 1.57. The number of hydrazone groups is 1. The van der Waals surface area contributed by atoms with Crippen LogP contribution in [0.1, 0.15) is 22.8 Å². The third-order valence-corrected chi connectivity index (χ3v) is 3.52. The van der Waals surface area contributed by atoms with Gasteiger partial charge in [-0.3, -0.25) is 9.59 Å². The lowest BCUT2D eigenvalue weighted by Gasteiger charge is -2.05. The van der Waals surface area contributed by atoms with Crippen LogP contribution >= 0.6 is 15.9 Å². The van der Waals surface area contributed by atoms with Crippen molar-refractivity contribution in [1.82, 2.24) is 5.43 Å². The number of rotatable bonds is 5. The number of benzene rings is 2. The Kier molecular flexibility index (Phi) is 6.08. The van der Waals surface area contributed by atoms with Crippen molar-refractivity contribution < 1.29 is 14.3 Å². The zero-order chi connectivity index (χ0) is 17.5. The molecule has 0 heterocycles. The molecule has 0 fully saturated rings. The van der Waals surface area contributed by atoms with Crippen LogP contribution in [0.15, 0.2) is 52.0 Å². The van der Waals surface area contributed by atoms with E-state index in [1.54, 1.807) is 37.4 Å². The number of carbonyl (C=O) groups is 2. The molecule has 0 bridgehead atoms. The van der Waals surface area contributed by atoms with Crippen molar-refractivity contribution in [1.29, 1.82) is 0 Å². The van der Waals surface area contributed by atoms with Crippen molar-refractivity contribution in [2.24, 2.45) is 5.10 Å². The van der Waals surface area contributed by atoms with Crippen LogP contribution in [0.2, 0.25) is 0 Å². The normalized spacial score (nSPS) is 10.5. The fourth-order valence-electron chi connectivity index (χ4n) is 1.94. The highest BCUT2D eigenvalue weighted by atomic mass is 79.9. The van der Waals surface area contributed by atoms with E-state index in [1.165, 1.54) is 13.1 Å². The van der Waals surface area contributed by atoms with Gasteiger partial charge in [-0.05, 0) is 42.5 Å². The van der Waals surface area contributed by atoms with Crippen LogP contribution in [0, 0.1) is 0 Å². The van der Waals surface area contributed by atoms with Gasteiger partial charge in [-0.1, -0.05) is 15.9 Å². The molecule has 0 radical (unpaired) electrons. The summed E-state index contributed by atoms with van der Waals surface area (Å²) in [5, 5.41) is 6.58. The summed E-state index contributed by atoms with van der Waals surface area (Å²) in [6.07, 6.45) is 1.51. The molecular formula is C17H16BrN3O3. The summed E-state index contributed by atoms with van der Waals surface area (Å²) in [6, 6.07) is 12.0. The summed E-state index contributed by atoms with van der Waals surface area (Å²) in [4.78, 5) is 23.0. The summed E-state index contributed by atoms with van der Waals surface area (Å²) in [6.45, 7) is 1.42. The number of amides is 2. The first kappa shape index (κ1) is 17.7. The van der Waals surface area contributed by atoms with Gasteiger partial charge in [-0.2, -0.15) is 5.10 Å². The number of methoxy groups -OCH3 is 1. The molecule has 0 aliphatic heterocycles. The summed E-state index contributed by atoms with van der Waals surface area (Å²) in [5.74, 6) is 0.130. The van der Waals surface area contributed by atoms with Gasteiger partial charge in [0.05, 0.1) is 13.3 Å². The molecule has 2 aromatic carbocycles. The summed E-state index contributed by atoms with van der Waals surface area (Å²) >= 11 is 3.37. The molecule has 124 valence electrons. The molecule has 0 saturated heterocycles. The quantitative estimate of drug-likeness (QED) is 0.608. The molecule has 0 aromatic heterocycles. The minimum atomic E-state index is -0.352. The highest BCUT2D eigenvalue weighted by molar-refractivity contribution is 9.10. The zero-order valence-electron chi connectivity index (χ0n) is 13.2. The molecule has 0 saturated carbocycles. The van der Waals surface area contributed by atoms with Gasteiger partial charge in [-0.15, -0.1) is 0 Å². The molecule has 7 heteroatoms. The van der Waals surface area contributed by atoms with Gasteiger partial charge in [0.1, 0.15) is 5.75 Å². The van der Waals surface area contributed by atoms with Gasteiger partial charge in [0.25, 0.3) is 5.91 Å². The lowest BCUT2D eigenvalue weighted by atomic mass is 10.2. The number of anilines is 1. The van der Waals surface area contributed by atoms with Gasteiger partial charge < -0.3 is 10.1 Å². The van der Waals surface area contributed by atoms with E-state index in [1.807, 2.05) is 12.1 Å². The Morgan fingerprint density at radius 2 is 1.88 bits per heavy atom. The Morgan fingerprint density at radius 1 is 1.17 bits per heavy atom. The topological polar surface area (TPSA) is 79.8 Å². The number of ether oxygens (including phenoxy) is 1. The first-order chi connectivity index (χ1) is 11.5. The minimum absolute atomic E-state index is 0.167. The molecule has 0 aliphatic carbocycles. The molecule has 2 rings (SSSR count). The van der Waals surface area contributed by atoms with Crippen LogP contribution in [0.4, 0.5) is 5.69 Å². The third-order valence-electron chi connectivity index (χ3n) is 3.03. The van der Waals surface area contributed by atoms with Gasteiger partial charge in [-0.25, -0.2) is 5.43 Å². The number of carbonyl (C=O) groups excluding carboxylic acids is 2. The lowest BCUT2D eigenvalue weighted by molar-refractivity contribution is -0.114. The van der Waals surface area contributed by atoms with E-state index in [9.17, 15) is 9.59 Å².